The molecule has 3 heterocycles. The molecule has 6 rings (SSSR count). The summed E-state index contributed by atoms with van der Waals surface area (Å²) in [6.07, 6.45) is 0.925. The fraction of sp³-hybridized carbons (Fsp3) is 0.500. The van der Waals surface area contributed by atoms with E-state index in [2.05, 4.69) is 18.8 Å². The van der Waals surface area contributed by atoms with Crippen LogP contribution in [0.25, 0.3) is 0 Å². The molecular weight excluding hydrogens is 420 g/mol. The van der Waals surface area contributed by atoms with E-state index >= 15 is 0 Å². The third-order valence-electron chi connectivity index (χ3n) is 7.72. The number of H-pyrrole nitrogens is 1. The Kier molecular flexibility index (Phi) is 3.74. The average molecular weight is 443 g/mol. The number of aromatic nitrogens is 1. The molecular formula is C22H22N2O4S2. The molecule has 1 aromatic heterocycles. The fourth-order valence-corrected chi connectivity index (χ4v) is 9.79. The van der Waals surface area contributed by atoms with Crippen LogP contribution in [0.5, 0.6) is 5.75 Å². The predicted octanol–water partition coefficient (Wildman–Crippen LogP) is 3.27. The smallest absolute Gasteiger partial charge is 0.305 e. The minimum Gasteiger partial charge on any atom is -0.497 e. The lowest BCUT2D eigenvalue weighted by molar-refractivity contribution is -0.123. The van der Waals surface area contributed by atoms with Gasteiger partial charge in [-0.15, -0.1) is 11.8 Å². The van der Waals surface area contributed by atoms with Gasteiger partial charge in [-0.2, -0.15) is 0 Å². The first-order valence-electron chi connectivity index (χ1n) is 10.2. The topological polar surface area (TPSA) is 79.5 Å². The van der Waals surface area contributed by atoms with Gasteiger partial charge < -0.3 is 9.72 Å². The van der Waals surface area contributed by atoms with Crippen molar-refractivity contribution in [3.8, 4) is 5.75 Å². The standard InChI is InChI=1S/C22H22N2O4S2/c1-22(2)15-11-8-12(16(15)29-18-17(22)30-21(27)23-18)14-13(11)19(25)24(20(14)26)9-4-6-10(28-3)7-5-9/h4-7,11-16H,8H2,1-3H3,(H,23,27)/t11-,12+,13?,14?,15?,16?/m0/s1. The van der Waals surface area contributed by atoms with Gasteiger partial charge in [0.05, 0.1) is 29.7 Å². The van der Waals surface area contributed by atoms with Gasteiger partial charge in [0.25, 0.3) is 0 Å². The van der Waals surface area contributed by atoms with Crippen molar-refractivity contribution < 1.29 is 14.3 Å². The molecule has 156 valence electrons. The number of nitrogens with one attached hydrogen (secondary N) is 1. The monoisotopic (exact) mass is 442 g/mol. The number of ether oxygens (including phenoxy) is 1. The van der Waals surface area contributed by atoms with Gasteiger partial charge in [0.1, 0.15) is 5.75 Å². The number of fused-ring (bicyclic) bond motifs is 9. The number of aromatic amines is 1. The molecule has 1 N–H and O–H groups in total. The Morgan fingerprint density at radius 2 is 1.73 bits per heavy atom. The maximum absolute atomic E-state index is 13.5. The fourth-order valence-electron chi connectivity index (χ4n) is 6.64. The Balaban J connectivity index is 1.39. The number of hydrogen-bond donors (Lipinski definition) is 1. The molecule has 8 heteroatoms. The van der Waals surface area contributed by atoms with E-state index in [0.29, 0.717) is 17.4 Å². The largest absolute Gasteiger partial charge is 0.497 e. The molecule has 0 spiro atoms. The molecule has 4 unspecified atom stereocenters. The molecule has 2 aliphatic heterocycles. The van der Waals surface area contributed by atoms with Crippen LogP contribution in [0.3, 0.4) is 0 Å². The Morgan fingerprint density at radius 3 is 2.40 bits per heavy atom. The van der Waals surface area contributed by atoms with E-state index in [0.717, 1.165) is 16.3 Å². The highest BCUT2D eigenvalue weighted by atomic mass is 32.2. The van der Waals surface area contributed by atoms with E-state index in [-0.39, 0.29) is 51.0 Å². The van der Waals surface area contributed by atoms with Gasteiger partial charge in [-0.1, -0.05) is 25.2 Å². The molecule has 2 aliphatic carbocycles. The summed E-state index contributed by atoms with van der Waals surface area (Å²) in [5.74, 6) is 0.717. The normalized spacial score (nSPS) is 35.4. The summed E-state index contributed by atoms with van der Waals surface area (Å²) >= 11 is 3.02. The Labute approximate surface area is 182 Å². The number of hydrogen-bond acceptors (Lipinski definition) is 6. The molecule has 1 aromatic carbocycles. The van der Waals surface area contributed by atoms with Crippen molar-refractivity contribution in [2.75, 3.05) is 12.0 Å². The minimum absolute atomic E-state index is 0.0223. The van der Waals surface area contributed by atoms with Crippen molar-refractivity contribution in [1.82, 2.24) is 4.98 Å². The van der Waals surface area contributed by atoms with Crippen LogP contribution in [0.2, 0.25) is 0 Å². The van der Waals surface area contributed by atoms with E-state index in [1.165, 1.54) is 16.2 Å². The molecule has 30 heavy (non-hydrogen) atoms. The number of carbonyl (C=O) groups excluding carboxylic acids is 2. The highest BCUT2D eigenvalue weighted by Crippen LogP contribution is 2.69. The predicted molar refractivity (Wildman–Crippen MR) is 115 cm³/mol. The summed E-state index contributed by atoms with van der Waals surface area (Å²) in [4.78, 5) is 44.4. The summed E-state index contributed by atoms with van der Waals surface area (Å²) in [5, 5.41) is 1.22. The maximum Gasteiger partial charge on any atom is 0.305 e. The molecule has 4 aliphatic rings. The second-order valence-electron chi connectivity index (χ2n) is 9.33. The summed E-state index contributed by atoms with van der Waals surface area (Å²) < 4.78 is 5.21. The lowest BCUT2D eigenvalue weighted by Crippen LogP contribution is -2.48. The maximum atomic E-state index is 13.5. The first-order chi connectivity index (χ1) is 14.3. The number of amides is 2. The molecule has 2 saturated carbocycles. The number of thiazole rings is 1. The molecule has 1 saturated heterocycles. The highest BCUT2D eigenvalue weighted by molar-refractivity contribution is 8.00. The molecule has 0 radical (unpaired) electrons. The molecule has 6 nitrogen and oxygen atoms in total. The first kappa shape index (κ1) is 18.7. The highest BCUT2D eigenvalue weighted by Gasteiger charge is 2.70. The van der Waals surface area contributed by atoms with E-state index < -0.39 is 0 Å². The second-order valence-corrected chi connectivity index (χ2v) is 11.5. The van der Waals surface area contributed by atoms with E-state index in [1.807, 2.05) is 0 Å². The Morgan fingerprint density at radius 1 is 1.07 bits per heavy atom. The third kappa shape index (κ3) is 2.18. The summed E-state index contributed by atoms with van der Waals surface area (Å²) in [7, 11) is 1.59. The van der Waals surface area contributed by atoms with Gasteiger partial charge in [-0.3, -0.25) is 19.3 Å². The van der Waals surface area contributed by atoms with Crippen LogP contribution >= 0.6 is 23.1 Å². The molecule has 2 bridgehead atoms. The van der Waals surface area contributed by atoms with Gasteiger partial charge in [-0.05, 0) is 48.4 Å². The zero-order valence-electron chi connectivity index (χ0n) is 16.9. The van der Waals surface area contributed by atoms with Crippen LogP contribution in [0.4, 0.5) is 5.69 Å². The van der Waals surface area contributed by atoms with Crippen molar-refractivity contribution in [3.63, 3.8) is 0 Å². The number of nitrogens with zero attached hydrogens (tertiary/aromatic N) is 1. The van der Waals surface area contributed by atoms with Gasteiger partial charge >= 0.3 is 4.87 Å². The Hall–Kier alpha value is -2.06. The van der Waals surface area contributed by atoms with E-state index in [1.54, 1.807) is 43.1 Å². The third-order valence-corrected chi connectivity index (χ3v) is 10.5. The number of methoxy groups -OCH3 is 1. The van der Waals surface area contributed by atoms with Crippen molar-refractivity contribution in [3.05, 3.63) is 38.8 Å². The lowest BCUT2D eigenvalue weighted by Gasteiger charge is -2.47. The van der Waals surface area contributed by atoms with Gasteiger partial charge in [-0.25, -0.2) is 0 Å². The zero-order valence-corrected chi connectivity index (χ0v) is 18.5. The van der Waals surface area contributed by atoms with Crippen LogP contribution in [0.15, 0.2) is 34.1 Å². The van der Waals surface area contributed by atoms with E-state index in [4.69, 9.17) is 4.74 Å². The lowest BCUT2D eigenvalue weighted by atomic mass is 9.64. The number of rotatable bonds is 2. The number of thioether (sulfide) groups is 1. The summed E-state index contributed by atoms with van der Waals surface area (Å²) in [6.45, 7) is 4.40. The van der Waals surface area contributed by atoms with Crippen LogP contribution in [-0.2, 0) is 15.0 Å². The van der Waals surface area contributed by atoms with Crippen LogP contribution in [0.1, 0.15) is 25.1 Å². The summed E-state index contributed by atoms with van der Waals surface area (Å²) in [5.41, 5.74) is 0.439. The number of benzene rings is 1. The number of anilines is 1. The van der Waals surface area contributed by atoms with Gasteiger partial charge in [0.2, 0.25) is 11.8 Å². The quantitative estimate of drug-likeness (QED) is 0.722. The number of imide groups is 1. The van der Waals surface area contributed by atoms with Gasteiger partial charge in [0.15, 0.2) is 0 Å². The van der Waals surface area contributed by atoms with Gasteiger partial charge in [0, 0.05) is 15.5 Å². The molecule has 2 amide bonds. The van der Waals surface area contributed by atoms with Crippen LogP contribution in [-0.4, -0.2) is 29.2 Å². The molecule has 3 fully saturated rings. The SMILES string of the molecule is COc1ccc(N2C(=O)C3C(C2=O)[C@@H]2C[C@H]3C3Sc4[nH]c(=O)sc4C(C)(C)C32)cc1. The van der Waals surface area contributed by atoms with E-state index in [9.17, 15) is 14.4 Å². The Bertz CT molecular complexity index is 1130. The minimum atomic E-state index is -0.249. The first-order valence-corrected chi connectivity index (χ1v) is 11.9. The van der Waals surface area contributed by atoms with Crippen molar-refractivity contribution in [1.29, 1.82) is 0 Å². The van der Waals surface area contributed by atoms with Crippen LogP contribution in [0, 0.1) is 29.6 Å². The van der Waals surface area contributed by atoms with Crippen molar-refractivity contribution in [2.24, 2.45) is 29.6 Å². The van der Waals surface area contributed by atoms with Crippen molar-refractivity contribution in [2.45, 2.75) is 36.0 Å². The second kappa shape index (κ2) is 6.01. The number of carbonyl (C=O) groups is 2. The van der Waals surface area contributed by atoms with Crippen molar-refractivity contribution >= 4 is 40.6 Å². The molecule has 2 aromatic rings. The average Bonchev–Trinajstić information content (AvgIpc) is 3.44. The zero-order chi connectivity index (χ0) is 20.9. The summed E-state index contributed by atoms with van der Waals surface area (Å²) in [6, 6.07) is 7.13. The van der Waals surface area contributed by atoms with Crippen LogP contribution < -0.4 is 14.5 Å². The molecule has 6 atom stereocenters.